The number of hydrogen-bond acceptors (Lipinski definition) is 0. The number of aryl methyl sites for hydroxylation is 2. The van der Waals surface area contributed by atoms with E-state index in [0.717, 1.165) is 23.8 Å². The normalized spacial score (nSPS) is 24.3. The molecule has 100 valence electrons. The van der Waals surface area contributed by atoms with Crippen LogP contribution in [0.1, 0.15) is 43.2 Å². The maximum Gasteiger partial charge on any atom is 0.126 e. The third-order valence-electron chi connectivity index (χ3n) is 4.62. The summed E-state index contributed by atoms with van der Waals surface area (Å²) in [5, 5.41) is 0. The smallest absolute Gasteiger partial charge is 0.126 e. The van der Waals surface area contributed by atoms with Gasteiger partial charge >= 0.3 is 0 Å². The van der Waals surface area contributed by atoms with Crippen LogP contribution in [0.15, 0.2) is 18.2 Å². The molecule has 1 aromatic rings. The standard InChI is InChI=1S/C16H25FSi/c1-12-2-3-14(10-16(12)17)7-4-13-5-8-15(11-18)9-6-13/h2-3,10,13,15H,4-9,11H2,1,18H3. The van der Waals surface area contributed by atoms with Crippen LogP contribution >= 0.6 is 0 Å². The SMILES string of the molecule is Cc1ccc(CCC2CCC(C[SiH3])CC2)cc1F. The van der Waals surface area contributed by atoms with E-state index in [1.807, 2.05) is 13.0 Å². The van der Waals surface area contributed by atoms with Crippen LogP contribution in [-0.2, 0) is 6.42 Å². The van der Waals surface area contributed by atoms with E-state index in [9.17, 15) is 4.39 Å². The Bertz CT molecular complexity index is 381. The van der Waals surface area contributed by atoms with Crippen molar-refractivity contribution in [2.75, 3.05) is 0 Å². The number of benzene rings is 1. The minimum absolute atomic E-state index is 0.0489. The molecule has 0 N–H and O–H groups in total. The van der Waals surface area contributed by atoms with E-state index < -0.39 is 0 Å². The van der Waals surface area contributed by atoms with Crippen molar-refractivity contribution in [2.24, 2.45) is 11.8 Å². The first-order valence-corrected chi connectivity index (χ1v) is 8.85. The van der Waals surface area contributed by atoms with Crippen LogP contribution in [0.3, 0.4) is 0 Å². The van der Waals surface area contributed by atoms with Gasteiger partial charge in [-0.2, -0.15) is 0 Å². The van der Waals surface area contributed by atoms with Crippen molar-refractivity contribution in [3.05, 3.63) is 35.1 Å². The molecule has 2 heteroatoms. The average Bonchev–Trinajstić information content (AvgIpc) is 2.41. The van der Waals surface area contributed by atoms with Gasteiger partial charge in [-0.1, -0.05) is 43.9 Å². The fourth-order valence-electron chi connectivity index (χ4n) is 3.09. The summed E-state index contributed by atoms with van der Waals surface area (Å²) in [4.78, 5) is 0. The molecule has 0 aliphatic heterocycles. The molecule has 0 spiro atoms. The Morgan fingerprint density at radius 1 is 1.17 bits per heavy atom. The molecule has 0 radical (unpaired) electrons. The van der Waals surface area contributed by atoms with Gasteiger partial charge in [0.15, 0.2) is 0 Å². The van der Waals surface area contributed by atoms with Crippen molar-refractivity contribution in [3.63, 3.8) is 0 Å². The number of hydrogen-bond donors (Lipinski definition) is 0. The Kier molecular flexibility index (Phi) is 4.99. The highest BCUT2D eigenvalue weighted by Crippen LogP contribution is 2.32. The predicted octanol–water partition coefficient (Wildman–Crippen LogP) is 3.66. The minimum Gasteiger partial charge on any atom is -0.207 e. The number of rotatable bonds is 4. The van der Waals surface area contributed by atoms with Gasteiger partial charge < -0.3 is 0 Å². The van der Waals surface area contributed by atoms with E-state index in [2.05, 4.69) is 6.07 Å². The van der Waals surface area contributed by atoms with Gasteiger partial charge in [0.05, 0.1) is 0 Å². The fourth-order valence-corrected chi connectivity index (χ4v) is 3.91. The van der Waals surface area contributed by atoms with E-state index in [4.69, 9.17) is 0 Å². The molecule has 0 unspecified atom stereocenters. The monoisotopic (exact) mass is 264 g/mol. The van der Waals surface area contributed by atoms with Gasteiger partial charge in [0.2, 0.25) is 0 Å². The van der Waals surface area contributed by atoms with E-state index in [1.165, 1.54) is 54.0 Å². The Balaban J connectivity index is 1.79. The summed E-state index contributed by atoms with van der Waals surface area (Å²) in [7, 11) is 1.36. The maximum atomic E-state index is 13.4. The first-order valence-electron chi connectivity index (χ1n) is 7.44. The second kappa shape index (κ2) is 6.51. The molecule has 1 aliphatic rings. The molecular weight excluding hydrogens is 239 g/mol. The molecule has 0 amide bonds. The van der Waals surface area contributed by atoms with Crippen LogP contribution in [0.2, 0.25) is 6.04 Å². The van der Waals surface area contributed by atoms with Gasteiger partial charge in [-0.3, -0.25) is 0 Å². The van der Waals surface area contributed by atoms with Crippen molar-refractivity contribution in [1.82, 2.24) is 0 Å². The molecule has 1 saturated carbocycles. The van der Waals surface area contributed by atoms with Crippen molar-refractivity contribution in [3.8, 4) is 0 Å². The average molecular weight is 264 g/mol. The van der Waals surface area contributed by atoms with Crippen LogP contribution in [0.25, 0.3) is 0 Å². The first-order chi connectivity index (χ1) is 8.69. The summed E-state index contributed by atoms with van der Waals surface area (Å²) in [5.74, 6) is 1.87. The second-order valence-corrected chi connectivity index (χ2v) is 6.73. The van der Waals surface area contributed by atoms with Crippen LogP contribution < -0.4 is 0 Å². The summed E-state index contributed by atoms with van der Waals surface area (Å²) in [5.41, 5.74) is 1.93. The zero-order chi connectivity index (χ0) is 13.0. The van der Waals surface area contributed by atoms with E-state index >= 15 is 0 Å². The highest BCUT2D eigenvalue weighted by molar-refractivity contribution is 6.08. The summed E-state index contributed by atoms with van der Waals surface area (Å²) >= 11 is 0. The minimum atomic E-state index is -0.0489. The summed E-state index contributed by atoms with van der Waals surface area (Å²) in [6.07, 6.45) is 7.99. The van der Waals surface area contributed by atoms with E-state index in [0.29, 0.717) is 0 Å². The molecule has 1 aliphatic carbocycles. The summed E-state index contributed by atoms with van der Waals surface area (Å²) in [6.45, 7) is 1.83. The predicted molar refractivity (Wildman–Crippen MR) is 79.7 cm³/mol. The molecule has 0 nitrogen and oxygen atoms in total. The Morgan fingerprint density at radius 3 is 2.44 bits per heavy atom. The quantitative estimate of drug-likeness (QED) is 0.728. The lowest BCUT2D eigenvalue weighted by molar-refractivity contribution is 0.278. The Labute approximate surface area is 113 Å². The highest BCUT2D eigenvalue weighted by Gasteiger charge is 2.19. The summed E-state index contributed by atoms with van der Waals surface area (Å²) in [6, 6.07) is 7.19. The van der Waals surface area contributed by atoms with Crippen molar-refractivity contribution in [1.29, 1.82) is 0 Å². The van der Waals surface area contributed by atoms with E-state index in [1.54, 1.807) is 6.07 Å². The molecule has 0 saturated heterocycles. The third kappa shape index (κ3) is 3.68. The lowest BCUT2D eigenvalue weighted by Gasteiger charge is -2.27. The lowest BCUT2D eigenvalue weighted by atomic mass is 9.80. The molecule has 0 atom stereocenters. The maximum absolute atomic E-state index is 13.4. The van der Waals surface area contributed by atoms with Crippen molar-refractivity contribution < 1.29 is 4.39 Å². The molecule has 1 fully saturated rings. The topological polar surface area (TPSA) is 0 Å². The van der Waals surface area contributed by atoms with Crippen LogP contribution in [0.5, 0.6) is 0 Å². The van der Waals surface area contributed by atoms with Gasteiger partial charge in [0.1, 0.15) is 5.82 Å². The molecule has 2 rings (SSSR count). The second-order valence-electron chi connectivity index (χ2n) is 5.92. The first kappa shape index (κ1) is 13.8. The van der Waals surface area contributed by atoms with E-state index in [-0.39, 0.29) is 5.82 Å². The van der Waals surface area contributed by atoms with Gasteiger partial charge in [0.25, 0.3) is 0 Å². The largest absolute Gasteiger partial charge is 0.207 e. The zero-order valence-corrected chi connectivity index (χ0v) is 13.7. The Hall–Kier alpha value is -0.633. The van der Waals surface area contributed by atoms with Crippen LogP contribution in [-0.4, -0.2) is 10.2 Å². The van der Waals surface area contributed by atoms with Crippen molar-refractivity contribution in [2.45, 2.75) is 51.5 Å². The van der Waals surface area contributed by atoms with Gasteiger partial charge in [-0.15, -0.1) is 0 Å². The Morgan fingerprint density at radius 2 is 1.83 bits per heavy atom. The molecular formula is C16H25FSi. The zero-order valence-electron chi connectivity index (χ0n) is 11.7. The number of halogens is 1. The van der Waals surface area contributed by atoms with Gasteiger partial charge in [-0.05, 0) is 48.8 Å². The molecule has 0 heterocycles. The molecule has 18 heavy (non-hydrogen) atoms. The third-order valence-corrected chi connectivity index (χ3v) is 5.78. The molecule has 0 aromatic heterocycles. The lowest BCUT2D eigenvalue weighted by Crippen LogP contribution is -2.14. The van der Waals surface area contributed by atoms with Crippen molar-refractivity contribution >= 4 is 10.2 Å². The highest BCUT2D eigenvalue weighted by atomic mass is 28.1. The van der Waals surface area contributed by atoms with Gasteiger partial charge in [-0.25, -0.2) is 4.39 Å². The summed E-state index contributed by atoms with van der Waals surface area (Å²) < 4.78 is 13.4. The molecule has 1 aromatic carbocycles. The molecule has 0 bridgehead atoms. The van der Waals surface area contributed by atoms with Gasteiger partial charge in [0, 0.05) is 10.2 Å². The fraction of sp³-hybridized carbons (Fsp3) is 0.625. The van der Waals surface area contributed by atoms with Crippen LogP contribution in [0, 0.1) is 24.6 Å². The van der Waals surface area contributed by atoms with Crippen LogP contribution in [0.4, 0.5) is 4.39 Å².